The summed E-state index contributed by atoms with van der Waals surface area (Å²) in [4.78, 5) is 26.8. The van der Waals surface area contributed by atoms with Crippen LogP contribution in [-0.4, -0.2) is 38.9 Å². The van der Waals surface area contributed by atoms with Crippen LogP contribution in [-0.2, 0) is 32.5 Å². The first kappa shape index (κ1) is 24.4. The third-order valence-corrected chi connectivity index (χ3v) is 8.20. The summed E-state index contributed by atoms with van der Waals surface area (Å²) in [5.41, 5.74) is 2.45. The molecule has 34 heavy (non-hydrogen) atoms. The van der Waals surface area contributed by atoms with Gasteiger partial charge in [0.05, 0.1) is 4.90 Å². The fourth-order valence-corrected chi connectivity index (χ4v) is 6.14. The molecule has 0 unspecified atom stereocenters. The molecule has 1 saturated carbocycles. The Kier molecular flexibility index (Phi) is 7.68. The Morgan fingerprint density at radius 2 is 1.74 bits per heavy atom. The van der Waals surface area contributed by atoms with E-state index in [1.807, 2.05) is 30.3 Å². The molecule has 1 heterocycles. The lowest BCUT2D eigenvalue weighted by Gasteiger charge is -2.23. The van der Waals surface area contributed by atoms with E-state index in [4.69, 9.17) is 0 Å². The summed E-state index contributed by atoms with van der Waals surface area (Å²) < 4.78 is 29.3. The van der Waals surface area contributed by atoms with Crippen molar-refractivity contribution in [1.29, 1.82) is 0 Å². The zero-order valence-corrected chi connectivity index (χ0v) is 20.4. The molecule has 0 spiro atoms. The van der Waals surface area contributed by atoms with Crippen LogP contribution in [0, 0.1) is 0 Å². The van der Waals surface area contributed by atoms with Crippen LogP contribution in [0.5, 0.6) is 0 Å². The number of benzene rings is 2. The molecule has 1 fully saturated rings. The predicted molar refractivity (Wildman–Crippen MR) is 132 cm³/mol. The highest BCUT2D eigenvalue weighted by Gasteiger charge is 2.30. The van der Waals surface area contributed by atoms with Gasteiger partial charge >= 0.3 is 0 Å². The van der Waals surface area contributed by atoms with E-state index >= 15 is 0 Å². The van der Waals surface area contributed by atoms with Gasteiger partial charge in [0.25, 0.3) is 0 Å². The molecule has 1 atom stereocenters. The lowest BCUT2D eigenvalue weighted by Crippen LogP contribution is -2.50. The molecule has 2 aromatic carbocycles. The van der Waals surface area contributed by atoms with Gasteiger partial charge in [0.15, 0.2) is 0 Å². The highest BCUT2D eigenvalue weighted by molar-refractivity contribution is 7.89. The maximum Gasteiger partial charge on any atom is 0.241 e. The molecule has 0 aromatic heterocycles. The summed E-state index contributed by atoms with van der Waals surface area (Å²) in [6, 6.07) is 13.4. The van der Waals surface area contributed by atoms with Gasteiger partial charge in [-0.3, -0.25) is 9.59 Å². The Bertz CT molecular complexity index is 1130. The minimum absolute atomic E-state index is 0.0643. The highest BCUT2D eigenvalue weighted by Crippen LogP contribution is 2.30. The van der Waals surface area contributed by atoms with Gasteiger partial charge in [-0.05, 0) is 55.0 Å². The first-order valence-electron chi connectivity index (χ1n) is 12.1. The third kappa shape index (κ3) is 5.85. The number of nitrogens with zero attached hydrogens (tertiary/aromatic N) is 1. The van der Waals surface area contributed by atoms with Crippen molar-refractivity contribution in [3.63, 3.8) is 0 Å². The third-order valence-electron chi connectivity index (χ3n) is 6.74. The van der Waals surface area contributed by atoms with E-state index in [-0.39, 0.29) is 29.2 Å². The van der Waals surface area contributed by atoms with E-state index in [0.717, 1.165) is 42.5 Å². The molecule has 0 radical (unpaired) electrons. The smallest absolute Gasteiger partial charge is 0.241 e. The number of hydrogen-bond acceptors (Lipinski definition) is 4. The Morgan fingerprint density at radius 1 is 1.03 bits per heavy atom. The van der Waals surface area contributed by atoms with Crippen molar-refractivity contribution in [1.82, 2.24) is 10.0 Å². The van der Waals surface area contributed by atoms with Crippen LogP contribution in [0.4, 0.5) is 5.69 Å². The number of fused-ring (bicyclic) bond motifs is 1. The summed E-state index contributed by atoms with van der Waals surface area (Å²) in [6.45, 7) is 2.05. The molecular formula is C26H33N3O4S. The standard InChI is InChI=1S/C26H33N3O4S/c1-19(30)29-16-15-21-18-23(13-14-25(21)29)34(32,33)28-24(17-20-9-5-4-6-10-20)26(31)27-22-11-7-2-3-8-12-22/h4-6,9-10,13-14,18,22,24,28H,2-3,7-8,11-12,15-17H2,1H3,(H,27,31)/t24-/m1/s1. The van der Waals surface area contributed by atoms with Crippen molar-refractivity contribution in [2.45, 2.75) is 75.3 Å². The lowest BCUT2D eigenvalue weighted by molar-refractivity contribution is -0.123. The van der Waals surface area contributed by atoms with Gasteiger partial charge in [0.1, 0.15) is 6.04 Å². The van der Waals surface area contributed by atoms with Crippen molar-refractivity contribution >= 4 is 27.5 Å². The zero-order chi connectivity index (χ0) is 24.1. The highest BCUT2D eigenvalue weighted by atomic mass is 32.2. The van der Waals surface area contributed by atoms with E-state index in [2.05, 4.69) is 10.0 Å². The average molecular weight is 484 g/mol. The summed E-state index contributed by atoms with van der Waals surface area (Å²) in [6.07, 6.45) is 7.22. The maximum absolute atomic E-state index is 13.3. The Labute approximate surface area is 202 Å². The van der Waals surface area contributed by atoms with Gasteiger partial charge in [0, 0.05) is 25.2 Å². The second-order valence-corrected chi connectivity index (χ2v) is 11.0. The van der Waals surface area contributed by atoms with E-state index in [0.29, 0.717) is 13.0 Å². The SMILES string of the molecule is CC(=O)N1CCc2cc(S(=O)(=O)N[C@H](Cc3ccccc3)C(=O)NC3CCCCCC3)ccc21. The molecule has 2 aliphatic rings. The number of sulfonamides is 1. The number of amides is 2. The molecule has 4 rings (SSSR count). The summed E-state index contributed by atoms with van der Waals surface area (Å²) >= 11 is 0. The first-order valence-corrected chi connectivity index (χ1v) is 13.6. The Morgan fingerprint density at radius 3 is 2.41 bits per heavy atom. The maximum atomic E-state index is 13.3. The Hall–Kier alpha value is -2.71. The van der Waals surface area contributed by atoms with Crippen LogP contribution in [0.25, 0.3) is 0 Å². The van der Waals surface area contributed by atoms with E-state index in [1.165, 1.54) is 25.8 Å². The van der Waals surface area contributed by atoms with Crippen molar-refractivity contribution in [2.75, 3.05) is 11.4 Å². The lowest BCUT2D eigenvalue weighted by atomic mass is 10.0. The largest absolute Gasteiger partial charge is 0.352 e. The molecule has 2 N–H and O–H groups in total. The Balaban J connectivity index is 1.55. The number of anilines is 1. The number of carbonyl (C=O) groups is 2. The van der Waals surface area contributed by atoms with Crippen LogP contribution in [0.2, 0.25) is 0 Å². The average Bonchev–Trinajstić information content (AvgIpc) is 3.08. The fraction of sp³-hybridized carbons (Fsp3) is 0.462. The molecular weight excluding hydrogens is 450 g/mol. The monoisotopic (exact) mass is 483 g/mol. The summed E-state index contributed by atoms with van der Waals surface area (Å²) in [7, 11) is -3.95. The van der Waals surface area contributed by atoms with Gasteiger partial charge in [-0.25, -0.2) is 8.42 Å². The van der Waals surface area contributed by atoms with Crippen molar-refractivity contribution < 1.29 is 18.0 Å². The predicted octanol–water partition coefficient (Wildman–Crippen LogP) is 3.32. The molecule has 7 nitrogen and oxygen atoms in total. The summed E-state index contributed by atoms with van der Waals surface area (Å²) in [5, 5.41) is 3.10. The van der Waals surface area contributed by atoms with Gasteiger partial charge in [0.2, 0.25) is 21.8 Å². The van der Waals surface area contributed by atoms with Crippen LogP contribution < -0.4 is 14.9 Å². The van der Waals surface area contributed by atoms with Gasteiger partial charge in [-0.1, -0.05) is 56.0 Å². The minimum Gasteiger partial charge on any atom is -0.352 e. The summed E-state index contributed by atoms with van der Waals surface area (Å²) in [5.74, 6) is -0.353. The number of hydrogen-bond donors (Lipinski definition) is 2. The van der Waals surface area contributed by atoms with Gasteiger partial charge in [-0.2, -0.15) is 4.72 Å². The second kappa shape index (κ2) is 10.7. The molecule has 8 heteroatoms. The normalized spacial score (nSPS) is 17.6. The van der Waals surface area contributed by atoms with E-state index < -0.39 is 16.1 Å². The van der Waals surface area contributed by atoms with Crippen LogP contribution in [0.3, 0.4) is 0 Å². The number of carbonyl (C=O) groups excluding carboxylic acids is 2. The van der Waals surface area contributed by atoms with Crippen LogP contribution in [0.15, 0.2) is 53.4 Å². The van der Waals surface area contributed by atoms with Crippen molar-refractivity contribution in [3.8, 4) is 0 Å². The molecule has 2 aromatic rings. The second-order valence-electron chi connectivity index (χ2n) is 9.27. The van der Waals surface area contributed by atoms with Crippen molar-refractivity contribution in [2.24, 2.45) is 0 Å². The fourth-order valence-electron chi connectivity index (χ4n) is 4.89. The first-order chi connectivity index (χ1) is 16.3. The molecule has 1 aliphatic heterocycles. The molecule has 1 aliphatic carbocycles. The van der Waals surface area contributed by atoms with Gasteiger partial charge < -0.3 is 10.2 Å². The van der Waals surface area contributed by atoms with E-state index in [9.17, 15) is 18.0 Å². The molecule has 2 amide bonds. The zero-order valence-electron chi connectivity index (χ0n) is 19.6. The molecule has 0 bridgehead atoms. The quantitative estimate of drug-likeness (QED) is 0.591. The van der Waals surface area contributed by atoms with Gasteiger partial charge in [-0.15, -0.1) is 0 Å². The molecule has 0 saturated heterocycles. The topological polar surface area (TPSA) is 95.6 Å². The van der Waals surface area contributed by atoms with Crippen LogP contribution in [0.1, 0.15) is 56.6 Å². The van der Waals surface area contributed by atoms with E-state index in [1.54, 1.807) is 17.0 Å². The van der Waals surface area contributed by atoms with Crippen LogP contribution >= 0.6 is 0 Å². The number of nitrogens with one attached hydrogen (secondary N) is 2. The minimum atomic E-state index is -3.95. The number of rotatable bonds is 7. The molecule has 182 valence electrons. The van der Waals surface area contributed by atoms with Crippen molar-refractivity contribution in [3.05, 3.63) is 59.7 Å².